The van der Waals surface area contributed by atoms with Gasteiger partial charge in [0.2, 0.25) is 0 Å². The van der Waals surface area contributed by atoms with E-state index in [4.69, 9.17) is 18.9 Å². The fourth-order valence-corrected chi connectivity index (χ4v) is 3.81. The summed E-state index contributed by atoms with van der Waals surface area (Å²) in [6, 6.07) is 8.00. The third kappa shape index (κ3) is 9.60. The minimum absolute atomic E-state index is 0.631. The van der Waals surface area contributed by atoms with Gasteiger partial charge >= 0.3 is 0 Å². The molecule has 1 aromatic rings. The van der Waals surface area contributed by atoms with Crippen molar-refractivity contribution < 1.29 is 18.9 Å². The number of likely N-dealkylation sites (N-methyl/N-ethyl adjacent to an activating group) is 2. The second kappa shape index (κ2) is 14.7. The lowest BCUT2D eigenvalue weighted by Crippen LogP contribution is -2.40. The van der Waals surface area contributed by atoms with Gasteiger partial charge in [0.1, 0.15) is 13.2 Å². The summed E-state index contributed by atoms with van der Waals surface area (Å²) in [6.45, 7) is 13.7. The SMILES string of the molecule is CN1CCOCCN(C)CCN2CCOCCN(CCOc3ccccc3OCC2)CC1. The molecular formula is C24H42N4O4. The molecular weight excluding hydrogens is 408 g/mol. The van der Waals surface area contributed by atoms with Gasteiger partial charge in [0, 0.05) is 65.4 Å². The molecule has 182 valence electrons. The van der Waals surface area contributed by atoms with Gasteiger partial charge in [-0.1, -0.05) is 12.1 Å². The summed E-state index contributed by atoms with van der Waals surface area (Å²) < 4.78 is 24.1. The fraction of sp³-hybridized carbons (Fsp3) is 0.750. The van der Waals surface area contributed by atoms with Crippen molar-refractivity contribution in [1.82, 2.24) is 19.6 Å². The first kappa shape index (κ1) is 25.2. The highest BCUT2D eigenvalue weighted by atomic mass is 16.5. The molecule has 0 aliphatic carbocycles. The van der Waals surface area contributed by atoms with Crippen LogP contribution in [0.1, 0.15) is 0 Å². The topological polar surface area (TPSA) is 49.9 Å². The highest BCUT2D eigenvalue weighted by molar-refractivity contribution is 5.39. The lowest BCUT2D eigenvalue weighted by molar-refractivity contribution is 0.0621. The Bertz CT molecular complexity index is 585. The number of para-hydroxylation sites is 2. The van der Waals surface area contributed by atoms with Crippen molar-refractivity contribution in [3.05, 3.63) is 24.3 Å². The highest BCUT2D eigenvalue weighted by Crippen LogP contribution is 2.26. The summed E-state index contributed by atoms with van der Waals surface area (Å²) in [6.07, 6.45) is 0. The van der Waals surface area contributed by atoms with Crippen LogP contribution in [0.4, 0.5) is 0 Å². The van der Waals surface area contributed by atoms with Gasteiger partial charge < -0.3 is 28.7 Å². The van der Waals surface area contributed by atoms with Crippen LogP contribution in [0.3, 0.4) is 0 Å². The van der Waals surface area contributed by atoms with E-state index in [2.05, 4.69) is 33.7 Å². The number of benzene rings is 1. The zero-order valence-corrected chi connectivity index (χ0v) is 20.0. The Morgan fingerprint density at radius 2 is 0.906 bits per heavy atom. The number of rotatable bonds is 0. The summed E-state index contributed by atoms with van der Waals surface area (Å²) in [5, 5.41) is 0. The van der Waals surface area contributed by atoms with Crippen molar-refractivity contribution in [2.24, 2.45) is 0 Å². The molecule has 2 aliphatic rings. The summed E-state index contributed by atoms with van der Waals surface area (Å²) in [4.78, 5) is 9.53. The first-order valence-electron chi connectivity index (χ1n) is 12.0. The Balaban J connectivity index is 1.69. The van der Waals surface area contributed by atoms with E-state index in [0.29, 0.717) is 13.2 Å². The van der Waals surface area contributed by atoms with E-state index in [0.717, 1.165) is 103 Å². The van der Waals surface area contributed by atoms with Gasteiger partial charge in [-0.15, -0.1) is 0 Å². The standard InChI is InChI=1S/C24H42N4O4/c1-25-7-9-27-13-19-30-20-14-28(10-8-26(2)12-18-29-17-11-25)16-22-32-24-6-4-3-5-23(24)31-21-15-27/h3-6H,7-22H2,1-2H3. The van der Waals surface area contributed by atoms with Crippen molar-refractivity contribution in [2.75, 3.05) is 119 Å². The van der Waals surface area contributed by atoms with E-state index in [1.807, 2.05) is 24.3 Å². The van der Waals surface area contributed by atoms with Crippen LogP contribution in [-0.2, 0) is 9.47 Å². The highest BCUT2D eigenvalue weighted by Gasteiger charge is 2.13. The van der Waals surface area contributed by atoms with Crippen molar-refractivity contribution in [2.45, 2.75) is 0 Å². The molecule has 2 atom stereocenters. The number of fused-ring (bicyclic) bond motifs is 7. The van der Waals surface area contributed by atoms with Crippen molar-refractivity contribution in [1.29, 1.82) is 0 Å². The summed E-state index contributed by atoms with van der Waals surface area (Å²) in [5.74, 6) is 1.65. The van der Waals surface area contributed by atoms with Crippen molar-refractivity contribution in [3.63, 3.8) is 0 Å². The Morgan fingerprint density at radius 3 is 1.38 bits per heavy atom. The Hall–Kier alpha value is -1.42. The number of hydrogen-bond acceptors (Lipinski definition) is 8. The number of hydrogen-bond donors (Lipinski definition) is 0. The monoisotopic (exact) mass is 450 g/mol. The third-order valence-electron chi connectivity index (χ3n) is 6.11. The minimum Gasteiger partial charge on any atom is -0.488 e. The quantitative estimate of drug-likeness (QED) is 0.542. The molecule has 2 bridgehead atoms. The van der Waals surface area contributed by atoms with Crippen LogP contribution in [0.5, 0.6) is 11.5 Å². The molecule has 0 aromatic heterocycles. The molecule has 1 aromatic carbocycles. The largest absolute Gasteiger partial charge is 0.488 e. The maximum atomic E-state index is 6.12. The van der Waals surface area contributed by atoms with Crippen LogP contribution in [0.25, 0.3) is 0 Å². The fourth-order valence-electron chi connectivity index (χ4n) is 3.81. The molecule has 1 saturated heterocycles. The molecule has 2 aliphatic heterocycles. The zero-order valence-electron chi connectivity index (χ0n) is 20.0. The van der Waals surface area contributed by atoms with E-state index in [-0.39, 0.29) is 0 Å². The molecule has 0 radical (unpaired) electrons. The van der Waals surface area contributed by atoms with Gasteiger partial charge in [-0.25, -0.2) is 0 Å². The van der Waals surface area contributed by atoms with E-state index < -0.39 is 0 Å². The smallest absolute Gasteiger partial charge is 0.161 e. The average molecular weight is 451 g/mol. The van der Waals surface area contributed by atoms with Crippen molar-refractivity contribution >= 4 is 0 Å². The summed E-state index contributed by atoms with van der Waals surface area (Å²) in [7, 11) is 4.33. The first-order valence-corrected chi connectivity index (χ1v) is 12.0. The summed E-state index contributed by atoms with van der Waals surface area (Å²) >= 11 is 0. The van der Waals surface area contributed by atoms with Crippen LogP contribution >= 0.6 is 0 Å². The van der Waals surface area contributed by atoms with Crippen LogP contribution < -0.4 is 9.47 Å². The van der Waals surface area contributed by atoms with Crippen LogP contribution in [0.2, 0.25) is 0 Å². The maximum absolute atomic E-state index is 6.12. The van der Waals surface area contributed by atoms with Crippen LogP contribution in [0, 0.1) is 0 Å². The Morgan fingerprint density at radius 1 is 0.500 bits per heavy atom. The van der Waals surface area contributed by atoms with Gasteiger partial charge in [0.15, 0.2) is 11.5 Å². The number of nitrogens with zero attached hydrogens (tertiary/aromatic N) is 4. The maximum Gasteiger partial charge on any atom is 0.161 e. The number of ether oxygens (including phenoxy) is 4. The molecule has 8 nitrogen and oxygen atoms in total. The van der Waals surface area contributed by atoms with Gasteiger partial charge in [-0.2, -0.15) is 0 Å². The molecule has 0 amide bonds. The first-order chi connectivity index (χ1) is 15.7. The molecule has 2 heterocycles. The minimum atomic E-state index is 0.631. The van der Waals surface area contributed by atoms with Gasteiger partial charge in [-0.3, -0.25) is 9.80 Å². The normalized spacial score (nSPS) is 26.9. The van der Waals surface area contributed by atoms with Gasteiger partial charge in [0.05, 0.1) is 26.4 Å². The molecule has 0 spiro atoms. The second-order valence-corrected chi connectivity index (χ2v) is 8.66. The van der Waals surface area contributed by atoms with E-state index in [1.165, 1.54) is 0 Å². The third-order valence-corrected chi connectivity index (χ3v) is 6.11. The molecule has 1 fully saturated rings. The molecule has 32 heavy (non-hydrogen) atoms. The second-order valence-electron chi connectivity index (χ2n) is 8.66. The molecule has 8 heteroatoms. The summed E-state index contributed by atoms with van der Waals surface area (Å²) in [5.41, 5.74) is 0. The lowest BCUT2D eigenvalue weighted by Gasteiger charge is -2.27. The van der Waals surface area contributed by atoms with Crippen molar-refractivity contribution in [3.8, 4) is 11.5 Å². The Kier molecular flexibility index (Phi) is 11.6. The average Bonchev–Trinajstić information content (AvgIpc) is 2.80. The predicted molar refractivity (Wildman–Crippen MR) is 127 cm³/mol. The Labute approximate surface area is 193 Å². The molecule has 2 unspecified atom stereocenters. The molecule has 0 saturated carbocycles. The lowest BCUT2D eigenvalue weighted by atomic mass is 10.3. The molecule has 0 N–H and O–H groups in total. The van der Waals surface area contributed by atoms with Crippen LogP contribution in [0.15, 0.2) is 24.3 Å². The van der Waals surface area contributed by atoms with Crippen LogP contribution in [-0.4, -0.2) is 139 Å². The molecule has 3 rings (SSSR count). The van der Waals surface area contributed by atoms with Gasteiger partial charge in [0.25, 0.3) is 0 Å². The van der Waals surface area contributed by atoms with E-state index >= 15 is 0 Å². The van der Waals surface area contributed by atoms with E-state index in [1.54, 1.807) is 0 Å². The predicted octanol–water partition coefficient (Wildman–Crippen LogP) is 0.972. The van der Waals surface area contributed by atoms with E-state index in [9.17, 15) is 0 Å². The zero-order chi connectivity index (χ0) is 22.4. The van der Waals surface area contributed by atoms with Gasteiger partial charge in [-0.05, 0) is 26.2 Å².